The molecule has 1 aromatic heterocycles. The fourth-order valence-corrected chi connectivity index (χ4v) is 5.60. The average molecular weight is 508 g/mol. The van der Waals surface area contributed by atoms with Crippen molar-refractivity contribution in [2.75, 3.05) is 36.4 Å². The Hall–Kier alpha value is -3.30. The van der Waals surface area contributed by atoms with Crippen LogP contribution in [-0.2, 0) is 14.8 Å². The van der Waals surface area contributed by atoms with Gasteiger partial charge in [0.15, 0.2) is 5.82 Å². The van der Waals surface area contributed by atoms with E-state index in [-0.39, 0.29) is 16.7 Å². The van der Waals surface area contributed by atoms with Gasteiger partial charge in [-0.15, -0.1) is 10.2 Å². The molecule has 8 nitrogen and oxygen atoms in total. The number of aryl methyl sites for hydroxylation is 3. The molecule has 0 saturated carbocycles. The largest absolute Gasteiger partial charge is 0.352 e. The molecular formula is C27H33N5O3S. The Kier molecular flexibility index (Phi) is 7.42. The molecular weight excluding hydrogens is 474 g/mol. The smallest absolute Gasteiger partial charge is 0.243 e. The fourth-order valence-electron chi connectivity index (χ4n) is 4.18. The summed E-state index contributed by atoms with van der Waals surface area (Å²) >= 11 is 0. The molecule has 0 bridgehead atoms. The van der Waals surface area contributed by atoms with Crippen molar-refractivity contribution in [1.82, 2.24) is 14.5 Å². The van der Waals surface area contributed by atoms with Gasteiger partial charge in [0.2, 0.25) is 15.9 Å². The molecule has 3 aromatic rings. The normalized spacial score (nSPS) is 14.8. The zero-order valence-corrected chi connectivity index (χ0v) is 22.3. The molecule has 4 rings (SSSR count). The second kappa shape index (κ2) is 10.4. The highest BCUT2D eigenvalue weighted by molar-refractivity contribution is 7.89. The molecule has 1 saturated heterocycles. The van der Waals surface area contributed by atoms with E-state index in [1.54, 1.807) is 26.0 Å². The molecule has 2 aromatic carbocycles. The van der Waals surface area contributed by atoms with Crippen molar-refractivity contribution < 1.29 is 13.2 Å². The topological polar surface area (TPSA) is 95.5 Å². The third-order valence-electron chi connectivity index (χ3n) is 6.61. The van der Waals surface area contributed by atoms with Crippen LogP contribution in [0.5, 0.6) is 0 Å². The Morgan fingerprint density at radius 1 is 0.861 bits per heavy atom. The monoisotopic (exact) mass is 507 g/mol. The molecule has 0 unspecified atom stereocenters. The lowest BCUT2D eigenvalue weighted by Gasteiger charge is -2.34. The van der Waals surface area contributed by atoms with Crippen LogP contribution in [0.25, 0.3) is 11.3 Å². The summed E-state index contributed by atoms with van der Waals surface area (Å²) in [6, 6.07) is 14.5. The van der Waals surface area contributed by atoms with Crippen molar-refractivity contribution in [1.29, 1.82) is 0 Å². The van der Waals surface area contributed by atoms with E-state index in [9.17, 15) is 13.2 Å². The highest BCUT2D eigenvalue weighted by Crippen LogP contribution is 2.26. The zero-order chi connectivity index (χ0) is 26.0. The number of amides is 1. The second-order valence-electron chi connectivity index (χ2n) is 9.59. The van der Waals surface area contributed by atoms with E-state index in [4.69, 9.17) is 0 Å². The summed E-state index contributed by atoms with van der Waals surface area (Å²) in [4.78, 5) is 14.1. The Labute approximate surface area is 213 Å². The van der Waals surface area contributed by atoms with Crippen LogP contribution in [0.4, 0.5) is 11.5 Å². The SMILES string of the molecule is Cc1cc(C)c(-c2ccc(N3CCN(S(=O)(=O)c4ccc(NC(=O)C(C)C)cc4)CC3)nn2)cc1C. The van der Waals surface area contributed by atoms with Gasteiger partial charge in [-0.1, -0.05) is 19.9 Å². The predicted molar refractivity (Wildman–Crippen MR) is 143 cm³/mol. The zero-order valence-electron chi connectivity index (χ0n) is 21.4. The second-order valence-corrected chi connectivity index (χ2v) is 11.5. The molecule has 0 spiro atoms. The average Bonchev–Trinajstić information content (AvgIpc) is 2.87. The van der Waals surface area contributed by atoms with E-state index >= 15 is 0 Å². The van der Waals surface area contributed by atoms with Gasteiger partial charge >= 0.3 is 0 Å². The number of hydrogen-bond donors (Lipinski definition) is 1. The highest BCUT2D eigenvalue weighted by Gasteiger charge is 2.29. The van der Waals surface area contributed by atoms with Crippen LogP contribution in [0.1, 0.15) is 30.5 Å². The van der Waals surface area contributed by atoms with E-state index in [1.165, 1.54) is 27.6 Å². The van der Waals surface area contributed by atoms with Gasteiger partial charge in [-0.25, -0.2) is 8.42 Å². The van der Waals surface area contributed by atoms with Crippen molar-refractivity contribution in [3.05, 3.63) is 65.2 Å². The van der Waals surface area contributed by atoms with Gasteiger partial charge < -0.3 is 10.2 Å². The minimum absolute atomic E-state index is 0.109. The van der Waals surface area contributed by atoms with Crippen LogP contribution in [0.15, 0.2) is 53.4 Å². The third-order valence-corrected chi connectivity index (χ3v) is 8.53. The standard InChI is InChI=1S/C27H33N5O3S/c1-18(2)27(33)28-22-6-8-23(9-7-22)36(34,35)32-14-12-31(13-15-32)26-11-10-25(29-30-26)24-17-20(4)19(3)16-21(24)5/h6-11,16-18H,12-15H2,1-5H3,(H,28,33). The summed E-state index contributed by atoms with van der Waals surface area (Å²) in [5.74, 6) is 0.478. The van der Waals surface area contributed by atoms with Crippen molar-refractivity contribution in [3.8, 4) is 11.3 Å². The quantitative estimate of drug-likeness (QED) is 0.538. The molecule has 0 atom stereocenters. The van der Waals surface area contributed by atoms with Crippen LogP contribution < -0.4 is 10.2 Å². The molecule has 1 aliphatic rings. The molecule has 0 aliphatic carbocycles. The number of piperazine rings is 1. The summed E-state index contributed by atoms with van der Waals surface area (Å²) in [6.45, 7) is 11.6. The molecule has 1 N–H and O–H groups in total. The van der Waals surface area contributed by atoms with E-state index < -0.39 is 10.0 Å². The first-order chi connectivity index (χ1) is 17.1. The lowest BCUT2D eigenvalue weighted by atomic mass is 9.99. The van der Waals surface area contributed by atoms with Crippen molar-refractivity contribution >= 4 is 27.4 Å². The van der Waals surface area contributed by atoms with Gasteiger partial charge in [-0.2, -0.15) is 4.31 Å². The first kappa shape index (κ1) is 25.8. The minimum Gasteiger partial charge on any atom is -0.352 e. The number of aromatic nitrogens is 2. The summed E-state index contributed by atoms with van der Waals surface area (Å²) < 4.78 is 27.8. The first-order valence-electron chi connectivity index (χ1n) is 12.1. The number of sulfonamides is 1. The predicted octanol–water partition coefficient (Wildman–Crippen LogP) is 4.17. The number of nitrogens with zero attached hydrogens (tertiary/aromatic N) is 4. The number of carbonyl (C=O) groups excluding carboxylic acids is 1. The molecule has 36 heavy (non-hydrogen) atoms. The molecule has 9 heteroatoms. The molecule has 1 amide bonds. The maximum Gasteiger partial charge on any atom is 0.243 e. The van der Waals surface area contributed by atoms with Crippen LogP contribution in [0.3, 0.4) is 0 Å². The van der Waals surface area contributed by atoms with Gasteiger partial charge in [-0.05, 0) is 79.9 Å². The van der Waals surface area contributed by atoms with E-state index in [1.807, 2.05) is 12.1 Å². The third kappa shape index (κ3) is 5.42. The molecule has 1 fully saturated rings. The van der Waals surface area contributed by atoms with E-state index in [0.717, 1.165) is 22.6 Å². The summed E-state index contributed by atoms with van der Waals surface area (Å²) in [7, 11) is -3.63. The number of rotatable bonds is 6. The van der Waals surface area contributed by atoms with Crippen LogP contribution >= 0.6 is 0 Å². The number of hydrogen-bond acceptors (Lipinski definition) is 6. The molecule has 0 radical (unpaired) electrons. The maximum absolute atomic E-state index is 13.1. The van der Waals surface area contributed by atoms with Crippen LogP contribution in [0, 0.1) is 26.7 Å². The number of carbonyl (C=O) groups is 1. The lowest BCUT2D eigenvalue weighted by Crippen LogP contribution is -2.49. The Morgan fingerprint density at radius 3 is 2.08 bits per heavy atom. The summed E-state index contributed by atoms with van der Waals surface area (Å²) in [5, 5.41) is 11.7. The van der Waals surface area contributed by atoms with Gasteiger partial charge in [-0.3, -0.25) is 4.79 Å². The highest BCUT2D eigenvalue weighted by atomic mass is 32.2. The Bertz CT molecular complexity index is 1350. The van der Waals surface area contributed by atoms with E-state index in [2.05, 4.69) is 53.3 Å². The maximum atomic E-state index is 13.1. The first-order valence-corrected chi connectivity index (χ1v) is 13.6. The van der Waals surface area contributed by atoms with E-state index in [0.29, 0.717) is 31.9 Å². The molecule has 190 valence electrons. The molecule has 2 heterocycles. The minimum atomic E-state index is -3.63. The summed E-state index contributed by atoms with van der Waals surface area (Å²) in [6.07, 6.45) is 0. The lowest BCUT2D eigenvalue weighted by molar-refractivity contribution is -0.118. The van der Waals surface area contributed by atoms with Crippen LogP contribution in [-0.4, -0.2) is 55.0 Å². The fraction of sp³-hybridized carbons (Fsp3) is 0.370. The van der Waals surface area contributed by atoms with Gasteiger partial charge in [0.25, 0.3) is 0 Å². The van der Waals surface area contributed by atoms with Gasteiger partial charge in [0.05, 0.1) is 10.6 Å². The number of anilines is 2. The van der Waals surface area contributed by atoms with Crippen molar-refractivity contribution in [2.45, 2.75) is 39.5 Å². The Morgan fingerprint density at radius 2 is 1.50 bits per heavy atom. The van der Waals surface area contributed by atoms with Gasteiger partial charge in [0, 0.05) is 43.3 Å². The van der Waals surface area contributed by atoms with Crippen molar-refractivity contribution in [2.24, 2.45) is 5.92 Å². The van der Waals surface area contributed by atoms with Gasteiger partial charge in [0.1, 0.15) is 0 Å². The summed E-state index contributed by atoms with van der Waals surface area (Å²) in [5.41, 5.74) is 6.11. The molecule has 1 aliphatic heterocycles. The van der Waals surface area contributed by atoms with Crippen LogP contribution in [0.2, 0.25) is 0 Å². The van der Waals surface area contributed by atoms with Crippen molar-refractivity contribution in [3.63, 3.8) is 0 Å². The Balaban J connectivity index is 1.40. The number of benzene rings is 2. The number of nitrogens with one attached hydrogen (secondary N) is 1.